The van der Waals surface area contributed by atoms with Gasteiger partial charge in [0.2, 0.25) is 5.91 Å². The average Bonchev–Trinajstić information content (AvgIpc) is 2.53. The van der Waals surface area contributed by atoms with Crippen LogP contribution in [0.15, 0.2) is 18.2 Å². The maximum Gasteiger partial charge on any atom is 0.239 e. The van der Waals surface area contributed by atoms with Gasteiger partial charge in [-0.25, -0.2) is 4.39 Å². The van der Waals surface area contributed by atoms with E-state index in [0.717, 1.165) is 6.42 Å². The average molecular weight is 252 g/mol. The molecule has 2 N–H and O–H groups in total. The maximum atomic E-state index is 14.0. The fourth-order valence-corrected chi connectivity index (χ4v) is 2.20. The third-order valence-electron chi connectivity index (χ3n) is 3.05. The number of carbonyl (C=O) groups is 1. The largest absolute Gasteiger partial charge is 0.389 e. The van der Waals surface area contributed by atoms with Crippen molar-refractivity contribution >= 4 is 11.6 Å². The minimum atomic E-state index is -0.762. The van der Waals surface area contributed by atoms with E-state index < -0.39 is 11.9 Å². The highest BCUT2D eigenvalue weighted by Crippen LogP contribution is 2.29. The summed E-state index contributed by atoms with van der Waals surface area (Å²) in [6, 6.07) is 4.61. The minimum absolute atomic E-state index is 0.118. The SMILES string of the molecule is C[C@@H](O)c1cccc(F)c1N1CCCNC(=O)C1. The van der Waals surface area contributed by atoms with Crippen molar-refractivity contribution in [3.05, 3.63) is 29.6 Å². The molecule has 1 aromatic rings. The van der Waals surface area contributed by atoms with Crippen LogP contribution >= 0.6 is 0 Å². The zero-order valence-corrected chi connectivity index (χ0v) is 10.3. The number of benzene rings is 1. The van der Waals surface area contributed by atoms with E-state index in [1.165, 1.54) is 6.07 Å². The van der Waals surface area contributed by atoms with Crippen LogP contribution in [0.3, 0.4) is 0 Å². The summed E-state index contributed by atoms with van der Waals surface area (Å²) >= 11 is 0. The number of aliphatic hydroxyl groups is 1. The van der Waals surface area contributed by atoms with Crippen molar-refractivity contribution < 1.29 is 14.3 Å². The Morgan fingerprint density at radius 3 is 3.00 bits per heavy atom. The fourth-order valence-electron chi connectivity index (χ4n) is 2.20. The number of nitrogens with one attached hydrogen (secondary N) is 1. The van der Waals surface area contributed by atoms with Crippen molar-refractivity contribution in [2.75, 3.05) is 24.5 Å². The molecule has 0 saturated carbocycles. The highest BCUT2D eigenvalue weighted by atomic mass is 19.1. The number of rotatable bonds is 2. The predicted octanol–water partition coefficient (Wildman–Crippen LogP) is 1.21. The van der Waals surface area contributed by atoms with Crippen molar-refractivity contribution in [3.8, 4) is 0 Å². The van der Waals surface area contributed by atoms with Gasteiger partial charge in [-0.15, -0.1) is 0 Å². The van der Waals surface area contributed by atoms with E-state index in [1.807, 2.05) is 0 Å². The van der Waals surface area contributed by atoms with Crippen LogP contribution in [0.25, 0.3) is 0 Å². The van der Waals surface area contributed by atoms with Crippen LogP contribution in [0.4, 0.5) is 10.1 Å². The zero-order valence-electron chi connectivity index (χ0n) is 10.3. The molecule has 2 rings (SSSR count). The quantitative estimate of drug-likeness (QED) is 0.831. The van der Waals surface area contributed by atoms with E-state index in [2.05, 4.69) is 5.32 Å². The maximum absolute atomic E-state index is 14.0. The fraction of sp³-hybridized carbons (Fsp3) is 0.462. The Balaban J connectivity index is 2.39. The lowest BCUT2D eigenvalue weighted by Gasteiger charge is -2.25. The Morgan fingerprint density at radius 1 is 1.50 bits per heavy atom. The third-order valence-corrected chi connectivity index (χ3v) is 3.05. The molecule has 1 amide bonds. The molecule has 1 fully saturated rings. The van der Waals surface area contributed by atoms with Gasteiger partial charge in [-0.2, -0.15) is 0 Å². The van der Waals surface area contributed by atoms with Gasteiger partial charge in [-0.3, -0.25) is 4.79 Å². The van der Waals surface area contributed by atoms with E-state index in [0.29, 0.717) is 24.3 Å². The molecule has 1 saturated heterocycles. The molecular formula is C13H17FN2O2. The molecule has 1 aliphatic rings. The van der Waals surface area contributed by atoms with E-state index in [9.17, 15) is 14.3 Å². The molecule has 1 heterocycles. The summed E-state index contributed by atoms with van der Waals surface area (Å²) in [4.78, 5) is 13.2. The first-order chi connectivity index (χ1) is 8.59. The number of hydrogen-bond acceptors (Lipinski definition) is 3. The van der Waals surface area contributed by atoms with Crippen LogP contribution < -0.4 is 10.2 Å². The van der Waals surface area contributed by atoms with Crippen molar-refractivity contribution in [3.63, 3.8) is 0 Å². The Hall–Kier alpha value is -1.62. The normalized spacial score (nSPS) is 18.2. The molecule has 4 nitrogen and oxygen atoms in total. The topological polar surface area (TPSA) is 52.6 Å². The lowest BCUT2D eigenvalue weighted by Crippen LogP contribution is -2.34. The summed E-state index contributed by atoms with van der Waals surface area (Å²) in [5, 5.41) is 12.4. The van der Waals surface area contributed by atoms with Gasteiger partial charge in [-0.05, 0) is 19.4 Å². The molecule has 0 bridgehead atoms. The van der Waals surface area contributed by atoms with E-state index >= 15 is 0 Å². The number of carbonyl (C=O) groups excluding carboxylic acids is 1. The molecule has 5 heteroatoms. The van der Waals surface area contributed by atoms with Gasteiger partial charge in [0.15, 0.2) is 0 Å². The number of aliphatic hydroxyl groups excluding tert-OH is 1. The van der Waals surface area contributed by atoms with Gasteiger partial charge in [0.05, 0.1) is 18.3 Å². The number of halogens is 1. The van der Waals surface area contributed by atoms with E-state index in [1.54, 1.807) is 24.0 Å². The van der Waals surface area contributed by atoms with Crippen molar-refractivity contribution in [1.29, 1.82) is 0 Å². The number of nitrogens with zero attached hydrogens (tertiary/aromatic N) is 1. The summed E-state index contributed by atoms with van der Waals surface area (Å²) in [5.41, 5.74) is 0.856. The van der Waals surface area contributed by atoms with Crippen LogP contribution in [0, 0.1) is 5.82 Å². The van der Waals surface area contributed by atoms with Crippen LogP contribution in [0.1, 0.15) is 25.0 Å². The second kappa shape index (κ2) is 5.35. The van der Waals surface area contributed by atoms with E-state index in [-0.39, 0.29) is 12.5 Å². The highest BCUT2D eigenvalue weighted by Gasteiger charge is 2.22. The van der Waals surface area contributed by atoms with Crippen LogP contribution in [0.2, 0.25) is 0 Å². The molecule has 1 aliphatic heterocycles. The minimum Gasteiger partial charge on any atom is -0.389 e. The van der Waals surface area contributed by atoms with Gasteiger partial charge in [0.25, 0.3) is 0 Å². The first-order valence-corrected chi connectivity index (χ1v) is 6.07. The lowest BCUT2D eigenvalue weighted by atomic mass is 10.1. The molecule has 0 aromatic heterocycles. The molecule has 98 valence electrons. The summed E-state index contributed by atoms with van der Waals surface area (Å²) < 4.78 is 14.0. The van der Waals surface area contributed by atoms with Crippen LogP contribution in [-0.2, 0) is 4.79 Å². The summed E-state index contributed by atoms with van der Waals surface area (Å²) in [6.07, 6.45) is 0.00119. The molecule has 0 unspecified atom stereocenters. The highest BCUT2D eigenvalue weighted by molar-refractivity contribution is 5.82. The van der Waals surface area contributed by atoms with Crippen molar-refractivity contribution in [1.82, 2.24) is 5.32 Å². The smallest absolute Gasteiger partial charge is 0.239 e. The third kappa shape index (κ3) is 2.61. The number of para-hydroxylation sites is 1. The van der Waals surface area contributed by atoms with Gasteiger partial charge in [0, 0.05) is 18.7 Å². The molecule has 1 aromatic carbocycles. The second-order valence-corrected chi connectivity index (χ2v) is 4.48. The number of amides is 1. The Morgan fingerprint density at radius 2 is 2.28 bits per heavy atom. The summed E-state index contributed by atoms with van der Waals surface area (Å²) in [7, 11) is 0. The number of anilines is 1. The lowest BCUT2D eigenvalue weighted by molar-refractivity contribution is -0.119. The Labute approximate surface area is 105 Å². The molecule has 0 spiro atoms. The molecular weight excluding hydrogens is 235 g/mol. The summed E-state index contributed by atoms with van der Waals surface area (Å²) in [6.45, 7) is 2.92. The zero-order chi connectivity index (χ0) is 13.1. The van der Waals surface area contributed by atoms with Crippen molar-refractivity contribution in [2.45, 2.75) is 19.4 Å². The van der Waals surface area contributed by atoms with Gasteiger partial charge in [0.1, 0.15) is 5.82 Å². The molecule has 0 radical (unpaired) electrons. The monoisotopic (exact) mass is 252 g/mol. The predicted molar refractivity (Wildman–Crippen MR) is 66.9 cm³/mol. The Bertz CT molecular complexity index is 449. The Kier molecular flexibility index (Phi) is 3.81. The van der Waals surface area contributed by atoms with Gasteiger partial charge >= 0.3 is 0 Å². The second-order valence-electron chi connectivity index (χ2n) is 4.48. The summed E-state index contributed by atoms with van der Waals surface area (Å²) in [5.74, 6) is -0.518. The number of hydrogen-bond donors (Lipinski definition) is 2. The molecule has 0 aliphatic carbocycles. The standard InChI is InChI=1S/C13H17FN2O2/c1-9(17)10-4-2-5-11(14)13(10)16-7-3-6-15-12(18)8-16/h2,4-5,9,17H,3,6-8H2,1H3,(H,15,18)/t9-/m1/s1. The van der Waals surface area contributed by atoms with Crippen molar-refractivity contribution in [2.24, 2.45) is 0 Å². The first kappa shape index (κ1) is 12.8. The molecule has 18 heavy (non-hydrogen) atoms. The first-order valence-electron chi connectivity index (χ1n) is 6.07. The molecule has 1 atom stereocenters. The van der Waals surface area contributed by atoms with Gasteiger partial charge in [-0.1, -0.05) is 12.1 Å². The van der Waals surface area contributed by atoms with E-state index in [4.69, 9.17) is 0 Å². The van der Waals surface area contributed by atoms with Crippen LogP contribution in [-0.4, -0.2) is 30.6 Å². The van der Waals surface area contributed by atoms with Gasteiger partial charge < -0.3 is 15.3 Å². The van der Waals surface area contributed by atoms with Crippen LogP contribution in [0.5, 0.6) is 0 Å².